The summed E-state index contributed by atoms with van der Waals surface area (Å²) in [5.41, 5.74) is 4.79. The molecule has 0 spiro atoms. The molecular formula is C24H25FN4OS. The molecule has 0 amide bonds. The molecule has 31 heavy (non-hydrogen) atoms. The Labute approximate surface area is 184 Å². The molecule has 2 heterocycles. The summed E-state index contributed by atoms with van der Waals surface area (Å²) < 4.78 is 27.9. The fourth-order valence-corrected chi connectivity index (χ4v) is 4.10. The number of imidazole rings is 1. The minimum absolute atomic E-state index is 0.201. The van der Waals surface area contributed by atoms with Gasteiger partial charge in [-0.2, -0.15) is 5.10 Å². The molecule has 0 radical (unpaired) electrons. The highest BCUT2D eigenvalue weighted by Crippen LogP contribution is 2.25. The summed E-state index contributed by atoms with van der Waals surface area (Å²) in [4.78, 5) is 7.41. The Hall–Kier alpha value is -2.90. The lowest BCUT2D eigenvalue weighted by atomic mass is 10.1. The van der Waals surface area contributed by atoms with E-state index < -0.39 is 10.8 Å². The van der Waals surface area contributed by atoms with Gasteiger partial charge in [-0.25, -0.2) is 13.9 Å². The fourth-order valence-electron chi connectivity index (χ4n) is 3.58. The Morgan fingerprint density at radius 1 is 1.00 bits per heavy atom. The van der Waals surface area contributed by atoms with E-state index in [2.05, 4.69) is 23.7 Å². The van der Waals surface area contributed by atoms with E-state index in [9.17, 15) is 8.60 Å². The second-order valence-corrected chi connectivity index (χ2v) is 8.76. The first kappa shape index (κ1) is 21.3. The third-order valence-corrected chi connectivity index (χ3v) is 6.41. The van der Waals surface area contributed by atoms with E-state index in [0.717, 1.165) is 46.1 Å². The number of rotatable bonds is 7. The molecule has 5 nitrogen and oxygen atoms in total. The molecular weight excluding hydrogens is 411 g/mol. The van der Waals surface area contributed by atoms with Gasteiger partial charge in [-0.3, -0.25) is 9.11 Å². The molecule has 0 N–H and O–H groups in total. The van der Waals surface area contributed by atoms with E-state index in [1.165, 1.54) is 6.07 Å². The van der Waals surface area contributed by atoms with Crippen molar-refractivity contribution in [3.63, 3.8) is 0 Å². The minimum atomic E-state index is -1.02. The molecule has 0 fully saturated rings. The summed E-state index contributed by atoms with van der Waals surface area (Å²) in [5, 5.41) is 4.79. The maximum atomic E-state index is 14.4. The Balaban J connectivity index is 1.73. The second-order valence-electron chi connectivity index (χ2n) is 7.38. The lowest BCUT2D eigenvalue weighted by molar-refractivity contribution is 0.291. The van der Waals surface area contributed by atoms with Gasteiger partial charge in [0.05, 0.1) is 17.6 Å². The van der Waals surface area contributed by atoms with Crippen molar-refractivity contribution in [2.45, 2.75) is 25.3 Å². The zero-order valence-corrected chi connectivity index (χ0v) is 18.7. The molecule has 0 aliphatic heterocycles. The van der Waals surface area contributed by atoms with Gasteiger partial charge in [0, 0.05) is 45.2 Å². The molecule has 0 bridgehead atoms. The van der Waals surface area contributed by atoms with E-state index in [1.807, 2.05) is 42.5 Å². The fraction of sp³-hybridized carbons (Fsp3) is 0.250. The molecule has 160 valence electrons. The van der Waals surface area contributed by atoms with Crippen molar-refractivity contribution in [1.29, 1.82) is 0 Å². The van der Waals surface area contributed by atoms with Crippen LogP contribution in [-0.4, -0.2) is 43.1 Å². The normalized spacial score (nSPS) is 12.5. The van der Waals surface area contributed by atoms with Crippen LogP contribution in [0.3, 0.4) is 0 Å². The summed E-state index contributed by atoms with van der Waals surface area (Å²) in [6.07, 6.45) is 3.44. The molecule has 4 rings (SSSR count). The van der Waals surface area contributed by atoms with E-state index in [0.29, 0.717) is 12.1 Å². The SMILES string of the molecule is CCN(CC)Cc1cc(-c2ccc3ncc(-c4ccc(S(C)=O)cc4)n3n2)ccc1F. The zero-order valence-electron chi connectivity index (χ0n) is 17.9. The van der Waals surface area contributed by atoms with Crippen LogP contribution in [0, 0.1) is 5.82 Å². The van der Waals surface area contributed by atoms with Crippen LogP contribution in [0.25, 0.3) is 28.2 Å². The van der Waals surface area contributed by atoms with E-state index in [4.69, 9.17) is 5.10 Å². The summed E-state index contributed by atoms with van der Waals surface area (Å²) >= 11 is 0. The topological polar surface area (TPSA) is 50.5 Å². The average Bonchev–Trinajstić information content (AvgIpc) is 3.22. The minimum Gasteiger partial charge on any atom is -0.300 e. The summed E-state index contributed by atoms with van der Waals surface area (Å²) in [5.74, 6) is -0.201. The van der Waals surface area contributed by atoms with Crippen LogP contribution >= 0.6 is 0 Å². The van der Waals surface area contributed by atoms with Crippen molar-refractivity contribution in [3.05, 3.63) is 72.2 Å². The standard InChI is InChI=1S/C24H25FN4OS/c1-4-28(5-2)16-19-14-18(8-11-21(19)25)22-12-13-24-26-15-23(29(24)27-22)17-6-9-20(10-7-17)31(3)30/h6-15H,4-5,16H2,1-3H3. The van der Waals surface area contributed by atoms with Gasteiger partial charge in [0.2, 0.25) is 0 Å². The van der Waals surface area contributed by atoms with Gasteiger partial charge in [0.15, 0.2) is 5.65 Å². The Morgan fingerprint density at radius 2 is 1.71 bits per heavy atom. The third kappa shape index (κ3) is 4.43. The molecule has 2 aromatic carbocycles. The van der Waals surface area contributed by atoms with Crippen LogP contribution in [-0.2, 0) is 17.3 Å². The summed E-state index contributed by atoms with van der Waals surface area (Å²) in [7, 11) is -1.02. The highest BCUT2D eigenvalue weighted by Gasteiger charge is 2.12. The monoisotopic (exact) mass is 436 g/mol. The number of hydrogen-bond donors (Lipinski definition) is 0. The lowest BCUT2D eigenvalue weighted by Crippen LogP contribution is -2.22. The molecule has 1 unspecified atom stereocenters. The van der Waals surface area contributed by atoms with Gasteiger partial charge in [-0.05, 0) is 55.6 Å². The van der Waals surface area contributed by atoms with Gasteiger partial charge >= 0.3 is 0 Å². The first-order chi connectivity index (χ1) is 15.0. The van der Waals surface area contributed by atoms with Crippen molar-refractivity contribution in [3.8, 4) is 22.5 Å². The number of benzene rings is 2. The number of halogens is 1. The highest BCUT2D eigenvalue weighted by molar-refractivity contribution is 7.84. The zero-order chi connectivity index (χ0) is 22.0. The van der Waals surface area contributed by atoms with Gasteiger partial charge in [0.25, 0.3) is 0 Å². The Kier molecular flexibility index (Phi) is 6.25. The number of aromatic nitrogens is 3. The van der Waals surface area contributed by atoms with E-state index >= 15 is 0 Å². The lowest BCUT2D eigenvalue weighted by Gasteiger charge is -2.18. The number of nitrogens with zero attached hydrogens (tertiary/aromatic N) is 4. The number of fused-ring (bicyclic) bond motifs is 1. The molecule has 1 atom stereocenters. The number of hydrogen-bond acceptors (Lipinski definition) is 4. The predicted octanol–water partition coefficient (Wildman–Crippen LogP) is 4.78. The van der Waals surface area contributed by atoms with Crippen LogP contribution in [0.2, 0.25) is 0 Å². The molecule has 7 heteroatoms. The molecule has 0 saturated heterocycles. The molecule has 0 saturated carbocycles. The summed E-state index contributed by atoms with van der Waals surface area (Å²) in [6, 6.07) is 16.5. The Morgan fingerprint density at radius 3 is 2.39 bits per heavy atom. The maximum Gasteiger partial charge on any atom is 0.154 e. The molecule has 0 aliphatic carbocycles. The van der Waals surface area contributed by atoms with Gasteiger partial charge in [-0.1, -0.05) is 26.0 Å². The van der Waals surface area contributed by atoms with Gasteiger partial charge in [-0.15, -0.1) is 0 Å². The first-order valence-corrected chi connectivity index (χ1v) is 11.9. The molecule has 0 aliphatic rings. The largest absolute Gasteiger partial charge is 0.300 e. The van der Waals surface area contributed by atoms with Crippen LogP contribution in [0.15, 0.2) is 65.7 Å². The second kappa shape index (κ2) is 9.08. The van der Waals surface area contributed by atoms with Crippen molar-refractivity contribution >= 4 is 16.4 Å². The van der Waals surface area contributed by atoms with Crippen molar-refractivity contribution < 1.29 is 8.60 Å². The average molecular weight is 437 g/mol. The maximum absolute atomic E-state index is 14.4. The van der Waals surface area contributed by atoms with Crippen molar-refractivity contribution in [2.24, 2.45) is 0 Å². The van der Waals surface area contributed by atoms with Gasteiger partial charge in [0.1, 0.15) is 5.82 Å². The van der Waals surface area contributed by atoms with Crippen molar-refractivity contribution in [1.82, 2.24) is 19.5 Å². The predicted molar refractivity (Wildman–Crippen MR) is 123 cm³/mol. The smallest absolute Gasteiger partial charge is 0.154 e. The van der Waals surface area contributed by atoms with E-state index in [-0.39, 0.29) is 5.82 Å². The third-order valence-electron chi connectivity index (χ3n) is 5.47. The highest BCUT2D eigenvalue weighted by atomic mass is 32.2. The molecule has 2 aromatic heterocycles. The quantitative estimate of drug-likeness (QED) is 0.418. The van der Waals surface area contributed by atoms with E-state index in [1.54, 1.807) is 23.0 Å². The van der Waals surface area contributed by atoms with Crippen molar-refractivity contribution in [2.75, 3.05) is 19.3 Å². The molecule has 4 aromatic rings. The van der Waals surface area contributed by atoms with Crippen LogP contribution < -0.4 is 0 Å². The van der Waals surface area contributed by atoms with Crippen LogP contribution in [0.1, 0.15) is 19.4 Å². The first-order valence-electron chi connectivity index (χ1n) is 10.3. The van der Waals surface area contributed by atoms with Crippen LogP contribution in [0.4, 0.5) is 4.39 Å². The Bertz CT molecular complexity index is 1230. The summed E-state index contributed by atoms with van der Waals surface area (Å²) in [6.45, 7) is 6.45. The van der Waals surface area contributed by atoms with Gasteiger partial charge < -0.3 is 0 Å². The van der Waals surface area contributed by atoms with Crippen LogP contribution in [0.5, 0.6) is 0 Å².